The molecule has 1 aromatic rings. The Morgan fingerprint density at radius 2 is 1.71 bits per heavy atom. The van der Waals surface area contributed by atoms with Crippen molar-refractivity contribution in [2.45, 2.75) is 26.8 Å². The summed E-state index contributed by atoms with van der Waals surface area (Å²) in [6.07, 6.45) is 1.14. The van der Waals surface area contributed by atoms with Gasteiger partial charge in [0, 0.05) is 19.6 Å². The summed E-state index contributed by atoms with van der Waals surface area (Å²) in [5, 5.41) is 3.17. The van der Waals surface area contributed by atoms with E-state index >= 15 is 0 Å². The molecular weight excluding hydrogens is 208 g/mol. The van der Waals surface area contributed by atoms with Crippen LogP contribution in [0.1, 0.15) is 25.0 Å². The molecule has 0 heterocycles. The first kappa shape index (κ1) is 14.2. The summed E-state index contributed by atoms with van der Waals surface area (Å²) in [6, 6.07) is 8.92. The van der Waals surface area contributed by atoms with Gasteiger partial charge in [0.05, 0.1) is 0 Å². The van der Waals surface area contributed by atoms with Gasteiger partial charge in [0.1, 0.15) is 0 Å². The molecule has 0 amide bonds. The molecule has 0 aliphatic rings. The Labute approximate surface area is 106 Å². The summed E-state index contributed by atoms with van der Waals surface area (Å²) in [7, 11) is 4.18. The van der Waals surface area contributed by atoms with Crippen molar-refractivity contribution in [3.05, 3.63) is 35.4 Å². The molecule has 1 aromatic carbocycles. The van der Waals surface area contributed by atoms with Crippen molar-refractivity contribution in [2.24, 2.45) is 5.92 Å². The van der Waals surface area contributed by atoms with Crippen molar-refractivity contribution >= 4 is 0 Å². The number of hydrogen-bond acceptors (Lipinski definition) is 2. The summed E-state index contributed by atoms with van der Waals surface area (Å²) in [5.74, 6) is 0.748. The average Bonchev–Trinajstić information content (AvgIpc) is 2.28. The third-order valence-corrected chi connectivity index (χ3v) is 2.86. The van der Waals surface area contributed by atoms with E-state index in [9.17, 15) is 0 Å². The lowest BCUT2D eigenvalue weighted by molar-refractivity contribution is 0.299. The van der Waals surface area contributed by atoms with Gasteiger partial charge in [0.25, 0.3) is 0 Å². The summed E-state index contributed by atoms with van der Waals surface area (Å²) in [4.78, 5) is 2.41. The average molecular weight is 234 g/mol. The highest BCUT2D eigenvalue weighted by Gasteiger charge is 2.02. The SMILES string of the molecule is CNCc1ccc(CCN(C)CC(C)C)cc1. The van der Waals surface area contributed by atoms with Gasteiger partial charge < -0.3 is 10.2 Å². The van der Waals surface area contributed by atoms with Crippen molar-refractivity contribution in [1.82, 2.24) is 10.2 Å². The second kappa shape index (κ2) is 7.46. The van der Waals surface area contributed by atoms with Gasteiger partial charge in [-0.3, -0.25) is 0 Å². The van der Waals surface area contributed by atoms with E-state index in [0.29, 0.717) is 0 Å². The summed E-state index contributed by atoms with van der Waals surface area (Å²) < 4.78 is 0. The molecule has 0 fully saturated rings. The minimum Gasteiger partial charge on any atom is -0.316 e. The van der Waals surface area contributed by atoms with Gasteiger partial charge >= 0.3 is 0 Å². The Balaban J connectivity index is 2.36. The Hall–Kier alpha value is -0.860. The van der Waals surface area contributed by atoms with Gasteiger partial charge in [-0.25, -0.2) is 0 Å². The first-order valence-corrected chi connectivity index (χ1v) is 6.52. The zero-order chi connectivity index (χ0) is 12.7. The van der Waals surface area contributed by atoms with Gasteiger partial charge in [-0.05, 0) is 37.6 Å². The minimum absolute atomic E-state index is 0.748. The van der Waals surface area contributed by atoms with Crippen LogP contribution in [0.4, 0.5) is 0 Å². The Morgan fingerprint density at radius 3 is 2.24 bits per heavy atom. The maximum atomic E-state index is 3.17. The Morgan fingerprint density at radius 1 is 1.12 bits per heavy atom. The zero-order valence-electron chi connectivity index (χ0n) is 11.7. The Kier molecular flexibility index (Phi) is 6.23. The highest BCUT2D eigenvalue weighted by Crippen LogP contribution is 2.06. The molecule has 0 saturated carbocycles. The molecule has 1 N–H and O–H groups in total. The first-order valence-electron chi connectivity index (χ1n) is 6.52. The fourth-order valence-corrected chi connectivity index (χ4v) is 2.06. The molecule has 2 nitrogen and oxygen atoms in total. The van der Waals surface area contributed by atoms with E-state index in [0.717, 1.165) is 25.4 Å². The molecule has 0 atom stereocenters. The number of hydrogen-bond donors (Lipinski definition) is 1. The second-order valence-electron chi connectivity index (χ2n) is 5.25. The standard InChI is InChI=1S/C15H26N2/c1-13(2)12-17(4)10-9-14-5-7-15(8-6-14)11-16-3/h5-8,13,16H,9-12H2,1-4H3. The number of nitrogens with zero attached hydrogens (tertiary/aromatic N) is 1. The minimum atomic E-state index is 0.748. The van der Waals surface area contributed by atoms with E-state index in [2.05, 4.69) is 55.4 Å². The number of rotatable bonds is 7. The molecule has 1 rings (SSSR count). The number of nitrogens with one attached hydrogen (secondary N) is 1. The number of benzene rings is 1. The van der Waals surface area contributed by atoms with E-state index in [-0.39, 0.29) is 0 Å². The highest BCUT2D eigenvalue weighted by atomic mass is 15.1. The fraction of sp³-hybridized carbons (Fsp3) is 0.600. The third kappa shape index (κ3) is 5.85. The van der Waals surface area contributed by atoms with Crippen LogP contribution < -0.4 is 5.32 Å². The smallest absolute Gasteiger partial charge is 0.0202 e. The molecule has 0 spiro atoms. The van der Waals surface area contributed by atoms with Gasteiger partial charge in [-0.2, -0.15) is 0 Å². The molecule has 0 bridgehead atoms. The van der Waals surface area contributed by atoms with Crippen LogP contribution >= 0.6 is 0 Å². The highest BCUT2D eigenvalue weighted by molar-refractivity contribution is 5.22. The Bertz CT molecular complexity index is 303. The largest absolute Gasteiger partial charge is 0.316 e. The van der Waals surface area contributed by atoms with Crippen molar-refractivity contribution in [1.29, 1.82) is 0 Å². The lowest BCUT2D eigenvalue weighted by Gasteiger charge is -2.18. The van der Waals surface area contributed by atoms with E-state index in [1.807, 2.05) is 7.05 Å². The molecular formula is C15H26N2. The normalized spacial score (nSPS) is 11.4. The van der Waals surface area contributed by atoms with Crippen LogP contribution in [0.5, 0.6) is 0 Å². The molecule has 0 aliphatic heterocycles. The summed E-state index contributed by atoms with van der Waals surface area (Å²) in [6.45, 7) is 7.81. The van der Waals surface area contributed by atoms with E-state index in [1.54, 1.807) is 0 Å². The molecule has 2 heteroatoms. The molecule has 0 aliphatic carbocycles. The zero-order valence-corrected chi connectivity index (χ0v) is 11.7. The number of likely N-dealkylation sites (N-methyl/N-ethyl adjacent to an activating group) is 1. The second-order valence-corrected chi connectivity index (χ2v) is 5.25. The van der Waals surface area contributed by atoms with Crippen LogP contribution in [-0.4, -0.2) is 32.1 Å². The van der Waals surface area contributed by atoms with Gasteiger partial charge in [-0.15, -0.1) is 0 Å². The third-order valence-electron chi connectivity index (χ3n) is 2.86. The van der Waals surface area contributed by atoms with Crippen LogP contribution in [0, 0.1) is 5.92 Å². The van der Waals surface area contributed by atoms with Gasteiger partial charge in [-0.1, -0.05) is 38.1 Å². The van der Waals surface area contributed by atoms with Crippen LogP contribution in [0.15, 0.2) is 24.3 Å². The summed E-state index contributed by atoms with van der Waals surface area (Å²) >= 11 is 0. The van der Waals surface area contributed by atoms with Crippen molar-refractivity contribution in [3.63, 3.8) is 0 Å². The molecule has 96 valence electrons. The first-order chi connectivity index (χ1) is 8.11. The molecule has 0 radical (unpaired) electrons. The quantitative estimate of drug-likeness (QED) is 0.780. The molecule has 0 aromatic heterocycles. The van der Waals surface area contributed by atoms with Gasteiger partial charge in [0.2, 0.25) is 0 Å². The molecule has 0 saturated heterocycles. The van der Waals surface area contributed by atoms with Crippen LogP contribution in [0.25, 0.3) is 0 Å². The topological polar surface area (TPSA) is 15.3 Å². The van der Waals surface area contributed by atoms with Crippen molar-refractivity contribution < 1.29 is 0 Å². The van der Waals surface area contributed by atoms with Crippen LogP contribution in [0.3, 0.4) is 0 Å². The van der Waals surface area contributed by atoms with E-state index < -0.39 is 0 Å². The lowest BCUT2D eigenvalue weighted by atomic mass is 10.1. The maximum absolute atomic E-state index is 3.17. The van der Waals surface area contributed by atoms with Crippen molar-refractivity contribution in [3.8, 4) is 0 Å². The maximum Gasteiger partial charge on any atom is 0.0202 e. The molecule has 17 heavy (non-hydrogen) atoms. The van der Waals surface area contributed by atoms with Gasteiger partial charge in [0.15, 0.2) is 0 Å². The van der Waals surface area contributed by atoms with E-state index in [4.69, 9.17) is 0 Å². The van der Waals surface area contributed by atoms with Crippen LogP contribution in [0.2, 0.25) is 0 Å². The van der Waals surface area contributed by atoms with Crippen molar-refractivity contribution in [2.75, 3.05) is 27.2 Å². The van der Waals surface area contributed by atoms with Crippen LogP contribution in [-0.2, 0) is 13.0 Å². The summed E-state index contributed by atoms with van der Waals surface area (Å²) in [5.41, 5.74) is 2.78. The lowest BCUT2D eigenvalue weighted by Crippen LogP contribution is -2.25. The predicted molar refractivity (Wildman–Crippen MR) is 75.2 cm³/mol. The predicted octanol–water partition coefficient (Wildman–Crippen LogP) is 2.54. The molecule has 0 unspecified atom stereocenters. The fourth-order valence-electron chi connectivity index (χ4n) is 2.06. The van der Waals surface area contributed by atoms with E-state index in [1.165, 1.54) is 17.7 Å². The monoisotopic (exact) mass is 234 g/mol.